The number of ether oxygens (including phenoxy) is 1. The average molecular weight is 454 g/mol. The summed E-state index contributed by atoms with van der Waals surface area (Å²) in [5.41, 5.74) is 2.81. The van der Waals surface area contributed by atoms with E-state index >= 15 is 0 Å². The molecule has 4 rings (SSSR count). The lowest BCUT2D eigenvalue weighted by atomic mass is 10.0. The second-order valence-corrected chi connectivity index (χ2v) is 8.77. The summed E-state index contributed by atoms with van der Waals surface area (Å²) in [6.07, 6.45) is 3.71. The van der Waals surface area contributed by atoms with Crippen LogP contribution in [0.4, 0.5) is 0 Å². The quantitative estimate of drug-likeness (QED) is 0.413. The molecule has 0 unspecified atom stereocenters. The third-order valence-corrected chi connectivity index (χ3v) is 6.16. The zero-order valence-electron chi connectivity index (χ0n) is 17.0. The van der Waals surface area contributed by atoms with Gasteiger partial charge in [-0.05, 0) is 36.8 Å². The third kappa shape index (κ3) is 4.47. The van der Waals surface area contributed by atoms with Crippen molar-refractivity contribution in [1.29, 1.82) is 0 Å². The molecule has 0 aliphatic heterocycles. The maximum absolute atomic E-state index is 13.1. The van der Waals surface area contributed by atoms with Crippen LogP contribution in [0, 0.1) is 0 Å². The molecule has 31 heavy (non-hydrogen) atoms. The first-order chi connectivity index (χ1) is 15.0. The van der Waals surface area contributed by atoms with Gasteiger partial charge in [0.25, 0.3) is 5.91 Å². The lowest BCUT2D eigenvalue weighted by Crippen LogP contribution is -2.27. The van der Waals surface area contributed by atoms with Crippen molar-refractivity contribution < 1.29 is 14.3 Å². The number of para-hydroxylation sites is 1. The Morgan fingerprint density at radius 3 is 2.65 bits per heavy atom. The highest BCUT2D eigenvalue weighted by Crippen LogP contribution is 2.25. The first-order valence-corrected chi connectivity index (χ1v) is 10.8. The molecule has 0 bridgehead atoms. The molecule has 0 aliphatic carbocycles. The van der Waals surface area contributed by atoms with Gasteiger partial charge < -0.3 is 14.6 Å². The number of carbonyl (C=O) groups excluding carboxylic acids is 2. The Hall–Kier alpha value is -3.16. The van der Waals surface area contributed by atoms with Crippen molar-refractivity contribution in [3.63, 3.8) is 0 Å². The molecule has 158 valence electrons. The van der Waals surface area contributed by atoms with Gasteiger partial charge in [0.05, 0.1) is 36.3 Å². The lowest BCUT2D eigenvalue weighted by Gasteiger charge is -2.16. The van der Waals surface area contributed by atoms with E-state index in [9.17, 15) is 9.59 Å². The first kappa shape index (κ1) is 21.1. The van der Waals surface area contributed by atoms with Crippen molar-refractivity contribution in [2.24, 2.45) is 0 Å². The number of nitrogens with zero attached hydrogens (tertiary/aromatic N) is 2. The number of amides is 1. The smallest absolute Gasteiger partial charge is 0.337 e. The number of carbonyl (C=O) groups is 2. The number of benzene rings is 2. The maximum Gasteiger partial charge on any atom is 0.337 e. The fraction of sp³-hybridized carbons (Fsp3) is 0.174. The monoisotopic (exact) mass is 453 g/mol. The van der Waals surface area contributed by atoms with Crippen LogP contribution in [-0.4, -0.2) is 28.5 Å². The van der Waals surface area contributed by atoms with E-state index in [0.29, 0.717) is 22.1 Å². The van der Waals surface area contributed by atoms with Crippen LogP contribution < -0.4 is 5.32 Å². The molecule has 0 spiro atoms. The average Bonchev–Trinajstić information content (AvgIpc) is 3.39. The third-order valence-electron chi connectivity index (χ3n) is 5.06. The molecule has 2 aromatic heterocycles. The maximum atomic E-state index is 13.1. The van der Waals surface area contributed by atoms with E-state index in [2.05, 4.69) is 10.3 Å². The van der Waals surface area contributed by atoms with Crippen molar-refractivity contribution in [2.75, 3.05) is 7.11 Å². The highest BCUT2D eigenvalue weighted by molar-refractivity contribution is 7.15. The molecule has 8 heteroatoms. The van der Waals surface area contributed by atoms with Crippen LogP contribution in [0.2, 0.25) is 4.47 Å². The number of hydrogen-bond acceptors (Lipinski definition) is 5. The Balaban J connectivity index is 1.57. The number of esters is 1. The van der Waals surface area contributed by atoms with Crippen molar-refractivity contribution in [3.05, 3.63) is 87.0 Å². The van der Waals surface area contributed by atoms with Crippen LogP contribution in [0.5, 0.6) is 0 Å². The van der Waals surface area contributed by atoms with E-state index in [1.165, 1.54) is 18.4 Å². The molecule has 0 saturated heterocycles. The van der Waals surface area contributed by atoms with E-state index in [1.54, 1.807) is 18.3 Å². The minimum Gasteiger partial charge on any atom is -0.465 e. The summed E-state index contributed by atoms with van der Waals surface area (Å²) >= 11 is 7.38. The highest BCUT2D eigenvalue weighted by Gasteiger charge is 2.17. The van der Waals surface area contributed by atoms with E-state index in [-0.39, 0.29) is 11.9 Å². The Kier molecular flexibility index (Phi) is 6.06. The molecular weight excluding hydrogens is 434 g/mol. The van der Waals surface area contributed by atoms with Crippen molar-refractivity contribution in [3.8, 4) is 0 Å². The molecule has 6 nitrogen and oxygen atoms in total. The number of aromatic nitrogens is 2. The van der Waals surface area contributed by atoms with Crippen LogP contribution in [0.1, 0.15) is 44.1 Å². The van der Waals surface area contributed by atoms with E-state index in [4.69, 9.17) is 16.3 Å². The summed E-state index contributed by atoms with van der Waals surface area (Å²) in [4.78, 5) is 29.9. The van der Waals surface area contributed by atoms with Gasteiger partial charge in [0.2, 0.25) is 0 Å². The van der Waals surface area contributed by atoms with Crippen LogP contribution in [0.3, 0.4) is 0 Å². The highest BCUT2D eigenvalue weighted by atomic mass is 35.5. The largest absolute Gasteiger partial charge is 0.465 e. The second kappa shape index (κ2) is 8.91. The summed E-state index contributed by atoms with van der Waals surface area (Å²) in [5.74, 6) is -0.560. The molecule has 2 heterocycles. The van der Waals surface area contributed by atoms with Crippen LogP contribution >= 0.6 is 22.9 Å². The minimum absolute atomic E-state index is 0.169. The zero-order valence-corrected chi connectivity index (χ0v) is 18.5. The Morgan fingerprint density at radius 2 is 1.97 bits per heavy atom. The molecule has 1 atom stereocenters. The fourth-order valence-corrected chi connectivity index (χ4v) is 4.46. The zero-order chi connectivity index (χ0) is 22.0. The molecule has 0 saturated carbocycles. The molecule has 1 N–H and O–H groups in total. The molecule has 1 amide bonds. The van der Waals surface area contributed by atoms with Gasteiger partial charge in [-0.1, -0.05) is 35.9 Å². The lowest BCUT2D eigenvalue weighted by molar-refractivity contribution is 0.0600. The van der Waals surface area contributed by atoms with E-state index in [0.717, 1.165) is 21.3 Å². The van der Waals surface area contributed by atoms with Gasteiger partial charge in [-0.25, -0.2) is 9.78 Å². The van der Waals surface area contributed by atoms with Gasteiger partial charge in [0, 0.05) is 22.7 Å². The van der Waals surface area contributed by atoms with Gasteiger partial charge in [-0.2, -0.15) is 0 Å². The number of halogens is 1. The molecule has 0 aliphatic rings. The van der Waals surface area contributed by atoms with Crippen LogP contribution in [-0.2, 0) is 11.3 Å². The first-order valence-electron chi connectivity index (χ1n) is 9.63. The number of rotatable bonds is 6. The molecule has 2 aromatic carbocycles. The number of methoxy groups -OCH3 is 1. The Labute approximate surface area is 188 Å². The normalized spacial score (nSPS) is 12.0. The Bertz CT molecular complexity index is 1250. The SMILES string of the molecule is COC(=O)c1ccc([C@H](C)NC(=O)c2cccc3ccn(Cc4cnc(Cl)s4)c23)cc1. The van der Waals surface area contributed by atoms with Gasteiger partial charge in [-0.15, -0.1) is 11.3 Å². The fourth-order valence-electron chi connectivity index (χ4n) is 3.48. The Morgan fingerprint density at radius 1 is 1.19 bits per heavy atom. The topological polar surface area (TPSA) is 73.2 Å². The molecular formula is C23H20ClN3O3S. The number of fused-ring (bicyclic) bond motifs is 1. The second-order valence-electron chi connectivity index (χ2n) is 7.08. The van der Waals surface area contributed by atoms with Gasteiger partial charge in [-0.3, -0.25) is 4.79 Å². The predicted octanol–water partition coefficient (Wildman–Crippen LogP) is 5.08. The van der Waals surface area contributed by atoms with Gasteiger partial charge in [0.15, 0.2) is 4.47 Å². The standard InChI is InChI=1S/C23H20ClN3O3S/c1-14(15-6-8-17(9-7-15)22(29)30-2)26-21(28)19-5-3-4-16-10-11-27(20(16)19)13-18-12-25-23(24)31-18/h3-12,14H,13H2,1-2H3,(H,26,28)/t14-/m0/s1. The van der Waals surface area contributed by atoms with Crippen molar-refractivity contribution >= 4 is 45.7 Å². The number of thiazole rings is 1. The van der Waals surface area contributed by atoms with Gasteiger partial charge >= 0.3 is 5.97 Å². The van der Waals surface area contributed by atoms with Crippen molar-refractivity contribution in [1.82, 2.24) is 14.9 Å². The molecule has 4 aromatic rings. The van der Waals surface area contributed by atoms with Crippen LogP contribution in [0.15, 0.2) is 60.9 Å². The predicted molar refractivity (Wildman–Crippen MR) is 122 cm³/mol. The number of hydrogen-bond donors (Lipinski definition) is 1. The summed E-state index contributed by atoms with van der Waals surface area (Å²) in [7, 11) is 1.35. The van der Waals surface area contributed by atoms with Crippen LogP contribution in [0.25, 0.3) is 10.9 Å². The van der Waals surface area contributed by atoms with E-state index in [1.807, 2.05) is 54.1 Å². The van der Waals surface area contributed by atoms with Gasteiger partial charge in [0.1, 0.15) is 0 Å². The summed E-state index contributed by atoms with van der Waals surface area (Å²) in [5, 5.41) is 4.04. The summed E-state index contributed by atoms with van der Waals surface area (Å²) in [6, 6.07) is 14.4. The summed E-state index contributed by atoms with van der Waals surface area (Å²) in [6.45, 7) is 2.49. The van der Waals surface area contributed by atoms with Crippen molar-refractivity contribution in [2.45, 2.75) is 19.5 Å². The number of nitrogens with one attached hydrogen (secondary N) is 1. The van der Waals surface area contributed by atoms with E-state index < -0.39 is 5.97 Å². The minimum atomic E-state index is -0.391. The molecule has 0 fully saturated rings. The molecule has 0 radical (unpaired) electrons. The summed E-state index contributed by atoms with van der Waals surface area (Å²) < 4.78 is 7.25.